The highest BCUT2D eigenvalue weighted by molar-refractivity contribution is 5.77. The lowest BCUT2D eigenvalue weighted by Gasteiger charge is -2.35. The van der Waals surface area contributed by atoms with E-state index in [1.54, 1.807) is 0 Å². The molecule has 0 radical (unpaired) electrons. The Kier molecular flexibility index (Phi) is 7.32. The van der Waals surface area contributed by atoms with Crippen molar-refractivity contribution in [1.82, 2.24) is 0 Å². The van der Waals surface area contributed by atoms with E-state index in [-0.39, 0.29) is 46.0 Å². The van der Waals surface area contributed by atoms with Crippen molar-refractivity contribution in [2.45, 2.75) is 130 Å². The molecule has 0 N–H and O–H groups in total. The van der Waals surface area contributed by atoms with Crippen molar-refractivity contribution in [3.05, 3.63) is 12.3 Å². The normalized spacial score (nSPS) is 31.6. The number of esters is 2. The smallest absolute Gasteiger partial charge is 0.312 e. The first-order valence-corrected chi connectivity index (χ1v) is 13.1. The van der Waals surface area contributed by atoms with Crippen LogP contribution in [0.15, 0.2) is 12.3 Å². The molecular weight excluding hydrogens is 416 g/mol. The summed E-state index contributed by atoms with van der Waals surface area (Å²) in [7, 11) is 0. The highest BCUT2D eigenvalue weighted by atomic mass is 16.6. The van der Waals surface area contributed by atoms with Gasteiger partial charge in [-0.25, -0.2) is 0 Å². The van der Waals surface area contributed by atoms with Crippen LogP contribution in [0.2, 0.25) is 0 Å². The van der Waals surface area contributed by atoms with Crippen molar-refractivity contribution >= 4 is 11.9 Å². The molecule has 2 bridgehead atoms. The van der Waals surface area contributed by atoms with Crippen LogP contribution in [-0.2, 0) is 23.8 Å². The van der Waals surface area contributed by atoms with Gasteiger partial charge in [-0.05, 0) is 65.2 Å². The summed E-state index contributed by atoms with van der Waals surface area (Å²) in [5, 5.41) is 0. The molecular formula is C28H46O5. The summed E-state index contributed by atoms with van der Waals surface area (Å²) in [5.41, 5.74) is -0.636. The molecule has 0 spiro atoms. The number of rotatable bonds is 8. The summed E-state index contributed by atoms with van der Waals surface area (Å²) in [4.78, 5) is 23.7. The van der Waals surface area contributed by atoms with Crippen LogP contribution in [0.25, 0.3) is 0 Å². The van der Waals surface area contributed by atoms with Crippen molar-refractivity contribution in [3.63, 3.8) is 0 Å². The Hall–Kier alpha value is -1.52. The molecule has 3 saturated carbocycles. The maximum absolute atomic E-state index is 12.0. The first-order valence-electron chi connectivity index (χ1n) is 13.1. The highest BCUT2D eigenvalue weighted by Gasteiger charge is 2.65. The van der Waals surface area contributed by atoms with Gasteiger partial charge in [0.15, 0.2) is 0 Å². The first kappa shape index (κ1) is 26.1. The fourth-order valence-electron chi connectivity index (χ4n) is 5.65. The van der Waals surface area contributed by atoms with E-state index in [4.69, 9.17) is 14.2 Å². The fourth-order valence-corrected chi connectivity index (χ4v) is 5.65. The molecule has 1 saturated heterocycles. The second-order valence-electron chi connectivity index (χ2n) is 12.2. The van der Waals surface area contributed by atoms with E-state index in [2.05, 4.69) is 34.3 Å². The highest BCUT2D eigenvalue weighted by Crippen LogP contribution is 2.59. The Labute approximate surface area is 201 Å². The van der Waals surface area contributed by atoms with E-state index in [0.29, 0.717) is 5.92 Å². The average molecular weight is 463 g/mol. The fraction of sp³-hybridized carbons (Fsp3) is 0.857. The summed E-state index contributed by atoms with van der Waals surface area (Å²) in [5.74, 6) is 1.32. The van der Waals surface area contributed by atoms with Gasteiger partial charge in [-0.2, -0.15) is 0 Å². The van der Waals surface area contributed by atoms with Crippen LogP contribution in [0.3, 0.4) is 0 Å². The molecule has 4 aliphatic rings. The minimum atomic E-state index is -0.329. The minimum absolute atomic E-state index is 0.000654. The molecule has 33 heavy (non-hydrogen) atoms. The predicted molar refractivity (Wildman–Crippen MR) is 129 cm³/mol. The Morgan fingerprint density at radius 3 is 2.09 bits per heavy atom. The van der Waals surface area contributed by atoms with Crippen LogP contribution >= 0.6 is 0 Å². The van der Waals surface area contributed by atoms with E-state index in [9.17, 15) is 9.59 Å². The molecule has 5 heteroatoms. The van der Waals surface area contributed by atoms with Gasteiger partial charge < -0.3 is 14.2 Å². The van der Waals surface area contributed by atoms with Gasteiger partial charge in [0.25, 0.3) is 0 Å². The molecule has 4 atom stereocenters. The summed E-state index contributed by atoms with van der Waals surface area (Å²) in [6, 6.07) is 0. The van der Waals surface area contributed by atoms with Gasteiger partial charge in [0, 0.05) is 24.2 Å². The number of carbonyl (C=O) groups is 2. The average Bonchev–Trinajstić information content (AvgIpc) is 3.50. The van der Waals surface area contributed by atoms with Gasteiger partial charge in [0.1, 0.15) is 17.3 Å². The maximum Gasteiger partial charge on any atom is 0.312 e. The third kappa shape index (κ3) is 5.12. The monoisotopic (exact) mass is 462 g/mol. The second kappa shape index (κ2) is 9.26. The van der Waals surface area contributed by atoms with Crippen molar-refractivity contribution in [2.24, 2.45) is 22.7 Å². The molecule has 0 aromatic rings. The minimum Gasteiger partial charge on any atom is -0.491 e. The SMILES string of the molecule is C=C(OC12CC3OC(=O)C(C1)C3C2)C(C)(C)CC.CCC1(OC(=O)C(C)(C)CC)CCCC1. The van der Waals surface area contributed by atoms with Crippen molar-refractivity contribution in [3.8, 4) is 0 Å². The number of fused-ring (bicyclic) bond motifs is 1. The van der Waals surface area contributed by atoms with Crippen LogP contribution < -0.4 is 0 Å². The van der Waals surface area contributed by atoms with Crippen LogP contribution in [-0.4, -0.2) is 29.2 Å². The van der Waals surface area contributed by atoms with E-state index in [1.807, 2.05) is 20.8 Å². The number of hydrogen-bond donors (Lipinski definition) is 0. The molecule has 0 amide bonds. The van der Waals surface area contributed by atoms with E-state index in [0.717, 1.165) is 57.1 Å². The third-order valence-corrected chi connectivity index (χ3v) is 9.22. The lowest BCUT2D eigenvalue weighted by atomic mass is 9.86. The van der Waals surface area contributed by atoms with Crippen LogP contribution in [0.4, 0.5) is 0 Å². The standard InChI is InChI=1S/C15H22O3.C13H24O2/c1-5-14(3,4)9(2)18-15-6-10-11(7-15)13(16)17-12(10)8-15;1-5-12(3,4)11(14)15-13(6-2)9-7-8-10-13/h10-12H,2,5-8H2,1,3-4H3;5-10H2,1-4H3. The zero-order valence-electron chi connectivity index (χ0n) is 22.1. The van der Waals surface area contributed by atoms with Gasteiger partial charge in [0.05, 0.1) is 17.1 Å². The molecule has 188 valence electrons. The third-order valence-electron chi connectivity index (χ3n) is 9.22. The molecule has 3 aliphatic carbocycles. The van der Waals surface area contributed by atoms with Crippen LogP contribution in [0, 0.1) is 22.7 Å². The van der Waals surface area contributed by atoms with Crippen LogP contribution in [0.5, 0.6) is 0 Å². The number of hydrogen-bond acceptors (Lipinski definition) is 5. The van der Waals surface area contributed by atoms with Gasteiger partial charge in [0.2, 0.25) is 0 Å². The van der Waals surface area contributed by atoms with E-state index >= 15 is 0 Å². The maximum atomic E-state index is 12.0. The predicted octanol–water partition coefficient (Wildman–Crippen LogP) is 6.74. The molecule has 4 fully saturated rings. The summed E-state index contributed by atoms with van der Waals surface area (Å²) in [6.45, 7) is 18.7. The summed E-state index contributed by atoms with van der Waals surface area (Å²) >= 11 is 0. The number of carbonyl (C=O) groups excluding carboxylic acids is 2. The Balaban J connectivity index is 0.000000190. The molecule has 0 aromatic heterocycles. The largest absolute Gasteiger partial charge is 0.491 e. The van der Waals surface area contributed by atoms with Crippen LogP contribution in [0.1, 0.15) is 113 Å². The van der Waals surface area contributed by atoms with E-state index < -0.39 is 0 Å². The molecule has 0 aromatic carbocycles. The topological polar surface area (TPSA) is 61.8 Å². The van der Waals surface area contributed by atoms with Crippen molar-refractivity contribution < 1.29 is 23.8 Å². The lowest BCUT2D eigenvalue weighted by Crippen LogP contribution is -2.37. The van der Waals surface area contributed by atoms with Gasteiger partial charge in [-0.1, -0.05) is 41.2 Å². The summed E-state index contributed by atoms with van der Waals surface area (Å²) in [6.07, 6.45) is 10.1. The van der Waals surface area contributed by atoms with Crippen molar-refractivity contribution in [2.75, 3.05) is 0 Å². The Morgan fingerprint density at radius 1 is 1.00 bits per heavy atom. The van der Waals surface area contributed by atoms with Gasteiger partial charge in [-0.3, -0.25) is 9.59 Å². The van der Waals surface area contributed by atoms with Crippen molar-refractivity contribution in [1.29, 1.82) is 0 Å². The molecule has 1 aliphatic heterocycles. The summed E-state index contributed by atoms with van der Waals surface area (Å²) < 4.78 is 17.4. The number of ether oxygens (including phenoxy) is 3. The molecule has 5 nitrogen and oxygen atoms in total. The van der Waals surface area contributed by atoms with Gasteiger partial charge >= 0.3 is 11.9 Å². The number of allylic oxidation sites excluding steroid dienone is 1. The molecule has 4 unspecified atom stereocenters. The zero-order valence-corrected chi connectivity index (χ0v) is 22.1. The molecule has 4 rings (SSSR count). The lowest BCUT2D eigenvalue weighted by molar-refractivity contribution is -0.170. The second-order valence-corrected chi connectivity index (χ2v) is 12.2. The zero-order chi connectivity index (χ0) is 24.7. The van der Waals surface area contributed by atoms with Gasteiger partial charge in [-0.15, -0.1) is 0 Å². The van der Waals surface area contributed by atoms with E-state index in [1.165, 1.54) is 12.8 Å². The first-order chi connectivity index (χ1) is 15.3. The Bertz CT molecular complexity index is 756. The molecule has 1 heterocycles. The quantitative estimate of drug-likeness (QED) is 0.295. The Morgan fingerprint density at radius 2 is 1.61 bits per heavy atom.